The number of nitrogens with zero attached hydrogens (tertiary/aromatic N) is 2. The maximum absolute atomic E-state index is 13.0. The molecule has 0 atom stereocenters. The van der Waals surface area contributed by atoms with Crippen molar-refractivity contribution in [1.29, 1.82) is 0 Å². The number of hydrogen-bond acceptors (Lipinski definition) is 5. The van der Waals surface area contributed by atoms with Gasteiger partial charge in [0.2, 0.25) is 0 Å². The Bertz CT molecular complexity index is 1310. The van der Waals surface area contributed by atoms with Gasteiger partial charge in [-0.1, -0.05) is 39.4 Å². The molecule has 0 bridgehead atoms. The number of fused-ring (bicyclic) bond motifs is 3. The lowest BCUT2D eigenvalue weighted by Crippen LogP contribution is -2.27. The fourth-order valence-corrected chi connectivity index (χ4v) is 5.36. The van der Waals surface area contributed by atoms with Gasteiger partial charge in [0.05, 0.1) is 15.9 Å². The molecule has 132 valence electrons. The van der Waals surface area contributed by atoms with Gasteiger partial charge < -0.3 is 0 Å². The Labute approximate surface area is 161 Å². The molecule has 6 nitrogen and oxygen atoms in total. The van der Waals surface area contributed by atoms with Crippen LogP contribution in [0.5, 0.6) is 0 Å². The Morgan fingerprint density at radius 1 is 1.12 bits per heavy atom. The summed E-state index contributed by atoms with van der Waals surface area (Å²) in [5, 5.41) is 0. The van der Waals surface area contributed by atoms with Gasteiger partial charge in [0.15, 0.2) is 9.86 Å². The molecule has 2 aromatic carbocycles. The van der Waals surface area contributed by atoms with E-state index >= 15 is 0 Å². The van der Waals surface area contributed by atoms with Gasteiger partial charge in [-0.2, -0.15) is 0 Å². The fourth-order valence-electron chi connectivity index (χ4n) is 2.73. The Kier molecular flexibility index (Phi) is 4.09. The highest BCUT2D eigenvalue weighted by Gasteiger charge is 2.25. The average Bonchev–Trinajstić information content (AvgIpc) is 2.94. The molecule has 0 aliphatic rings. The van der Waals surface area contributed by atoms with E-state index in [0.717, 1.165) is 9.17 Å². The summed E-state index contributed by atoms with van der Waals surface area (Å²) in [6.45, 7) is 1.53. The maximum Gasteiger partial charge on any atom is 0.280 e. The third kappa shape index (κ3) is 2.81. The van der Waals surface area contributed by atoms with Crippen LogP contribution >= 0.6 is 27.3 Å². The second kappa shape index (κ2) is 6.19. The first-order valence-electron chi connectivity index (χ1n) is 7.56. The highest BCUT2D eigenvalue weighted by atomic mass is 79.9. The first-order chi connectivity index (χ1) is 12.4. The highest BCUT2D eigenvalue weighted by molar-refractivity contribution is 9.10. The van der Waals surface area contributed by atoms with Crippen molar-refractivity contribution in [3.05, 3.63) is 69.1 Å². The van der Waals surface area contributed by atoms with Gasteiger partial charge in [-0.3, -0.25) is 9.52 Å². The van der Waals surface area contributed by atoms with Crippen LogP contribution in [-0.4, -0.2) is 17.8 Å². The molecule has 0 amide bonds. The number of anilines is 1. The SMILES string of the molecule is Cc1nc2sc3ccccc3n2c(=O)c1S(=O)(=O)Nc1ccc(Br)cc1. The summed E-state index contributed by atoms with van der Waals surface area (Å²) < 4.78 is 31.2. The highest BCUT2D eigenvalue weighted by Crippen LogP contribution is 2.25. The smallest absolute Gasteiger partial charge is 0.279 e. The molecule has 4 aromatic rings. The van der Waals surface area contributed by atoms with Crippen LogP contribution in [0.15, 0.2) is 62.7 Å². The molecule has 4 rings (SSSR count). The lowest BCUT2D eigenvalue weighted by molar-refractivity contribution is 0.598. The van der Waals surface area contributed by atoms with E-state index in [0.29, 0.717) is 16.2 Å². The normalized spacial score (nSPS) is 11.9. The van der Waals surface area contributed by atoms with Crippen molar-refractivity contribution in [3.63, 3.8) is 0 Å². The van der Waals surface area contributed by atoms with Crippen molar-refractivity contribution in [2.45, 2.75) is 11.8 Å². The molecule has 0 aliphatic carbocycles. The minimum Gasteiger partial charge on any atom is -0.279 e. The van der Waals surface area contributed by atoms with Gasteiger partial charge in [-0.25, -0.2) is 17.8 Å². The summed E-state index contributed by atoms with van der Waals surface area (Å²) in [6, 6.07) is 14.0. The van der Waals surface area contributed by atoms with Gasteiger partial charge in [0.25, 0.3) is 15.6 Å². The molecule has 0 aliphatic heterocycles. The Hall–Kier alpha value is -2.23. The third-order valence-corrected chi connectivity index (χ3v) is 6.92. The van der Waals surface area contributed by atoms with Crippen molar-refractivity contribution in [1.82, 2.24) is 9.38 Å². The number of benzene rings is 2. The number of thiazole rings is 1. The molecule has 0 spiro atoms. The predicted molar refractivity (Wildman–Crippen MR) is 107 cm³/mol. The largest absolute Gasteiger partial charge is 0.280 e. The molecule has 0 saturated heterocycles. The second-order valence-electron chi connectivity index (χ2n) is 5.63. The van der Waals surface area contributed by atoms with E-state index in [1.807, 2.05) is 12.1 Å². The van der Waals surface area contributed by atoms with Crippen LogP contribution in [0.25, 0.3) is 15.2 Å². The zero-order valence-electron chi connectivity index (χ0n) is 13.4. The van der Waals surface area contributed by atoms with Gasteiger partial charge in [-0.15, -0.1) is 0 Å². The molecule has 9 heteroatoms. The van der Waals surface area contributed by atoms with Gasteiger partial charge in [0.1, 0.15) is 0 Å². The fraction of sp³-hybridized carbons (Fsp3) is 0.0588. The molecule has 26 heavy (non-hydrogen) atoms. The van der Waals surface area contributed by atoms with Gasteiger partial charge in [0, 0.05) is 10.2 Å². The zero-order chi connectivity index (χ0) is 18.5. The monoisotopic (exact) mass is 449 g/mol. The molecular formula is C17H12BrN3O3S2. The predicted octanol–water partition coefficient (Wildman–Crippen LogP) is 3.78. The van der Waals surface area contributed by atoms with Crippen molar-refractivity contribution in [2.75, 3.05) is 4.72 Å². The summed E-state index contributed by atoms with van der Waals surface area (Å²) in [7, 11) is -4.08. The molecule has 0 unspecified atom stereocenters. The van der Waals surface area contributed by atoms with Gasteiger partial charge >= 0.3 is 0 Å². The quantitative estimate of drug-likeness (QED) is 0.515. The molecule has 2 heterocycles. The van der Waals surface area contributed by atoms with Crippen molar-refractivity contribution in [2.24, 2.45) is 0 Å². The van der Waals surface area contributed by atoms with Crippen LogP contribution in [0.1, 0.15) is 5.69 Å². The summed E-state index contributed by atoms with van der Waals surface area (Å²) >= 11 is 4.65. The van der Waals surface area contributed by atoms with Crippen LogP contribution < -0.4 is 10.3 Å². The zero-order valence-corrected chi connectivity index (χ0v) is 16.7. The maximum atomic E-state index is 13.0. The van der Waals surface area contributed by atoms with E-state index in [2.05, 4.69) is 25.6 Å². The van der Waals surface area contributed by atoms with Gasteiger partial charge in [-0.05, 0) is 43.3 Å². The lowest BCUT2D eigenvalue weighted by Gasteiger charge is -2.10. The molecule has 0 fully saturated rings. The first-order valence-corrected chi connectivity index (χ1v) is 10.7. The minimum absolute atomic E-state index is 0.172. The summed E-state index contributed by atoms with van der Waals surface area (Å²) in [5.41, 5.74) is 0.582. The van der Waals surface area contributed by atoms with Crippen molar-refractivity contribution < 1.29 is 8.42 Å². The summed E-state index contributed by atoms with van der Waals surface area (Å²) in [5.74, 6) is 0. The van der Waals surface area contributed by atoms with Crippen molar-refractivity contribution in [3.8, 4) is 0 Å². The number of rotatable bonds is 3. The number of halogens is 1. The van der Waals surface area contributed by atoms with E-state index in [-0.39, 0.29) is 10.6 Å². The van der Waals surface area contributed by atoms with Crippen LogP contribution in [0.4, 0.5) is 5.69 Å². The summed E-state index contributed by atoms with van der Waals surface area (Å²) in [4.78, 5) is 17.5. The standard InChI is InChI=1S/C17H12BrN3O3S2/c1-10-15(26(23,24)20-12-8-6-11(18)7-9-12)16(22)21-13-4-2-3-5-14(13)25-17(21)19-10/h2-9,20H,1H3. The van der Waals surface area contributed by atoms with Crippen LogP contribution in [-0.2, 0) is 10.0 Å². The number of para-hydroxylation sites is 1. The number of aromatic nitrogens is 2. The molecule has 2 aromatic heterocycles. The third-order valence-electron chi connectivity index (χ3n) is 3.85. The minimum atomic E-state index is -4.08. The molecule has 0 saturated carbocycles. The Balaban J connectivity index is 1.94. The van der Waals surface area contributed by atoms with Crippen molar-refractivity contribution >= 4 is 58.2 Å². The first kappa shape index (κ1) is 17.2. The molecular weight excluding hydrogens is 438 g/mol. The number of hydrogen-bond donors (Lipinski definition) is 1. The van der Waals surface area contributed by atoms with E-state index in [1.54, 1.807) is 36.4 Å². The molecule has 0 radical (unpaired) electrons. The lowest BCUT2D eigenvalue weighted by atomic mass is 10.3. The number of aryl methyl sites for hydroxylation is 1. The van der Waals surface area contributed by atoms with E-state index < -0.39 is 15.6 Å². The van der Waals surface area contributed by atoms with E-state index in [1.165, 1.54) is 22.7 Å². The molecule has 1 N–H and O–H groups in total. The van der Waals surface area contributed by atoms with E-state index in [9.17, 15) is 13.2 Å². The average molecular weight is 450 g/mol. The van der Waals surface area contributed by atoms with E-state index in [4.69, 9.17) is 0 Å². The Morgan fingerprint density at radius 2 is 1.81 bits per heavy atom. The van der Waals surface area contributed by atoms with Crippen LogP contribution in [0, 0.1) is 6.92 Å². The summed E-state index contributed by atoms with van der Waals surface area (Å²) in [6.07, 6.45) is 0. The number of nitrogens with one attached hydrogen (secondary N) is 1. The topological polar surface area (TPSA) is 80.5 Å². The number of sulfonamides is 1. The second-order valence-corrected chi connectivity index (χ2v) is 9.18. The Morgan fingerprint density at radius 3 is 2.54 bits per heavy atom. The van der Waals surface area contributed by atoms with Crippen LogP contribution in [0.2, 0.25) is 0 Å². The van der Waals surface area contributed by atoms with Crippen LogP contribution in [0.3, 0.4) is 0 Å².